The van der Waals surface area contributed by atoms with Gasteiger partial charge in [0.25, 0.3) is 5.91 Å². The van der Waals surface area contributed by atoms with E-state index in [0.29, 0.717) is 11.6 Å². The summed E-state index contributed by atoms with van der Waals surface area (Å²) in [6, 6.07) is 17.4. The van der Waals surface area contributed by atoms with Crippen molar-refractivity contribution in [3.8, 4) is 0 Å². The third-order valence-corrected chi connectivity index (χ3v) is 3.65. The van der Waals surface area contributed by atoms with Crippen molar-refractivity contribution in [2.75, 3.05) is 0 Å². The average molecular weight is 300 g/mol. The number of hydrogen-bond acceptors (Lipinski definition) is 3. The van der Waals surface area contributed by atoms with E-state index in [2.05, 4.69) is 10.4 Å². The lowest BCUT2D eigenvalue weighted by atomic mass is 10.1. The Kier molecular flexibility index (Phi) is 3.99. The van der Waals surface area contributed by atoms with E-state index in [9.17, 15) is 4.79 Å². The van der Waals surface area contributed by atoms with E-state index in [1.54, 1.807) is 5.01 Å². The smallest absolute Gasteiger partial charge is 0.276 e. The van der Waals surface area contributed by atoms with Gasteiger partial charge in [-0.3, -0.25) is 15.2 Å². The maximum Gasteiger partial charge on any atom is 0.276 e. The monoisotopic (exact) mass is 299 g/mol. The molecule has 1 aliphatic heterocycles. The maximum atomic E-state index is 11.6. The van der Waals surface area contributed by atoms with Crippen LogP contribution < -0.4 is 5.43 Å². The van der Waals surface area contributed by atoms with Gasteiger partial charge in [0, 0.05) is 11.6 Å². The average Bonchev–Trinajstić information content (AvgIpc) is 2.51. The van der Waals surface area contributed by atoms with E-state index in [0.717, 1.165) is 11.1 Å². The van der Waals surface area contributed by atoms with Crippen LogP contribution in [0.2, 0.25) is 5.02 Å². The van der Waals surface area contributed by atoms with Gasteiger partial charge in [0.1, 0.15) is 6.17 Å². The molecule has 0 fully saturated rings. The molecule has 1 heterocycles. The minimum absolute atomic E-state index is 0.228. The van der Waals surface area contributed by atoms with Crippen LogP contribution in [0.3, 0.4) is 0 Å². The second kappa shape index (κ2) is 6.08. The molecular weight excluding hydrogens is 286 g/mol. The van der Waals surface area contributed by atoms with Gasteiger partial charge in [-0.25, -0.2) is 0 Å². The van der Waals surface area contributed by atoms with Crippen LogP contribution in [0.5, 0.6) is 0 Å². The van der Waals surface area contributed by atoms with E-state index in [1.165, 1.54) is 6.21 Å². The highest BCUT2D eigenvalue weighted by Crippen LogP contribution is 2.25. The highest BCUT2D eigenvalue weighted by Gasteiger charge is 2.25. The maximum absolute atomic E-state index is 11.6. The molecule has 3 rings (SSSR count). The lowest BCUT2D eigenvalue weighted by Gasteiger charge is -2.32. The number of nitrogens with one attached hydrogen (secondary N) is 1. The van der Waals surface area contributed by atoms with Crippen molar-refractivity contribution in [2.45, 2.75) is 12.7 Å². The minimum Gasteiger partial charge on any atom is -0.281 e. The molecule has 2 aromatic rings. The fourth-order valence-corrected chi connectivity index (χ4v) is 2.47. The van der Waals surface area contributed by atoms with E-state index in [4.69, 9.17) is 11.6 Å². The SMILES string of the molecule is O=C1C=NC(c2ccccc2)N(Cc2ccccc2Cl)N1. The third-order valence-electron chi connectivity index (χ3n) is 3.28. The second-order valence-electron chi connectivity index (χ2n) is 4.76. The summed E-state index contributed by atoms with van der Waals surface area (Å²) in [5, 5.41) is 2.46. The molecule has 4 nitrogen and oxygen atoms in total. The summed E-state index contributed by atoms with van der Waals surface area (Å²) >= 11 is 6.20. The standard InChI is InChI=1S/C16H14ClN3O/c17-14-9-5-4-8-13(14)11-20-16(18-10-15(21)19-20)12-6-2-1-3-7-12/h1-10,16H,11H2,(H,19,21). The van der Waals surface area contributed by atoms with Gasteiger partial charge in [-0.15, -0.1) is 0 Å². The molecule has 2 aromatic carbocycles. The molecule has 5 heteroatoms. The number of aliphatic imine (C=N–C) groups is 1. The quantitative estimate of drug-likeness (QED) is 0.947. The van der Waals surface area contributed by atoms with Gasteiger partial charge in [0.2, 0.25) is 0 Å². The van der Waals surface area contributed by atoms with E-state index in [-0.39, 0.29) is 12.1 Å². The van der Waals surface area contributed by atoms with Gasteiger partial charge in [-0.1, -0.05) is 60.1 Å². The van der Waals surface area contributed by atoms with Crippen molar-refractivity contribution in [3.63, 3.8) is 0 Å². The van der Waals surface area contributed by atoms with Gasteiger partial charge in [-0.05, 0) is 17.2 Å². The molecule has 0 bridgehead atoms. The zero-order chi connectivity index (χ0) is 14.7. The number of nitrogens with zero attached hydrogens (tertiary/aromatic N) is 2. The van der Waals surface area contributed by atoms with Crippen LogP contribution >= 0.6 is 11.6 Å². The van der Waals surface area contributed by atoms with Crippen LogP contribution in [-0.4, -0.2) is 17.1 Å². The Morgan fingerprint density at radius 2 is 1.81 bits per heavy atom. The first kappa shape index (κ1) is 13.8. The van der Waals surface area contributed by atoms with Crippen LogP contribution in [0.25, 0.3) is 0 Å². The van der Waals surface area contributed by atoms with E-state index < -0.39 is 0 Å². The fraction of sp³-hybridized carbons (Fsp3) is 0.125. The normalized spacial score (nSPS) is 18.5. The Bertz CT molecular complexity index is 672. The molecule has 106 valence electrons. The molecule has 0 radical (unpaired) electrons. The van der Waals surface area contributed by atoms with Gasteiger partial charge in [0.05, 0.1) is 6.21 Å². The number of rotatable bonds is 3. The first-order valence-corrected chi connectivity index (χ1v) is 7.00. The van der Waals surface area contributed by atoms with Crippen molar-refractivity contribution < 1.29 is 4.79 Å². The van der Waals surface area contributed by atoms with Gasteiger partial charge >= 0.3 is 0 Å². The molecule has 0 aliphatic carbocycles. The summed E-state index contributed by atoms with van der Waals surface area (Å²) in [4.78, 5) is 15.9. The molecule has 0 spiro atoms. The Balaban J connectivity index is 1.89. The molecule has 21 heavy (non-hydrogen) atoms. The summed E-state index contributed by atoms with van der Waals surface area (Å²) in [5.41, 5.74) is 4.78. The predicted octanol–water partition coefficient (Wildman–Crippen LogP) is 2.96. The third kappa shape index (κ3) is 3.12. The van der Waals surface area contributed by atoms with Crippen LogP contribution in [-0.2, 0) is 11.3 Å². The van der Waals surface area contributed by atoms with Crippen molar-refractivity contribution in [2.24, 2.45) is 4.99 Å². The highest BCUT2D eigenvalue weighted by molar-refractivity contribution is 6.31. The number of hydrogen-bond donors (Lipinski definition) is 1. The van der Waals surface area contributed by atoms with Crippen LogP contribution in [0, 0.1) is 0 Å². The molecule has 1 atom stereocenters. The molecular formula is C16H14ClN3O. The van der Waals surface area contributed by atoms with E-state index >= 15 is 0 Å². The molecule has 0 aromatic heterocycles. The lowest BCUT2D eigenvalue weighted by Crippen LogP contribution is -2.47. The number of carbonyl (C=O) groups is 1. The van der Waals surface area contributed by atoms with Crippen molar-refractivity contribution in [1.82, 2.24) is 10.4 Å². The number of amides is 1. The van der Waals surface area contributed by atoms with Gasteiger partial charge in [0.15, 0.2) is 0 Å². The first-order chi connectivity index (χ1) is 10.2. The molecule has 1 N–H and O–H groups in total. The van der Waals surface area contributed by atoms with Crippen LogP contribution in [0.15, 0.2) is 59.6 Å². The topological polar surface area (TPSA) is 44.7 Å². The predicted molar refractivity (Wildman–Crippen MR) is 82.8 cm³/mol. The first-order valence-electron chi connectivity index (χ1n) is 6.63. The summed E-state index contributed by atoms with van der Waals surface area (Å²) in [6.07, 6.45) is 1.07. The van der Waals surface area contributed by atoms with Gasteiger partial charge < -0.3 is 0 Å². The summed E-state index contributed by atoms with van der Waals surface area (Å²) in [6.45, 7) is 0.488. The Hall–Kier alpha value is -2.17. The number of hydrazine groups is 1. The Morgan fingerprint density at radius 1 is 1.10 bits per heavy atom. The van der Waals surface area contributed by atoms with Crippen LogP contribution in [0.1, 0.15) is 17.3 Å². The number of benzene rings is 2. The zero-order valence-electron chi connectivity index (χ0n) is 11.2. The van der Waals surface area contributed by atoms with Crippen LogP contribution in [0.4, 0.5) is 0 Å². The Morgan fingerprint density at radius 3 is 2.57 bits per heavy atom. The minimum atomic E-state index is -0.250. The van der Waals surface area contributed by atoms with E-state index in [1.807, 2.05) is 54.6 Å². The lowest BCUT2D eigenvalue weighted by molar-refractivity contribution is -0.121. The largest absolute Gasteiger partial charge is 0.281 e. The summed E-state index contributed by atoms with van der Waals surface area (Å²) in [5.74, 6) is -0.228. The highest BCUT2D eigenvalue weighted by atomic mass is 35.5. The van der Waals surface area contributed by atoms with Crippen molar-refractivity contribution in [3.05, 3.63) is 70.7 Å². The molecule has 1 amide bonds. The molecule has 0 saturated heterocycles. The molecule has 1 aliphatic rings. The van der Waals surface area contributed by atoms with Gasteiger partial charge in [-0.2, -0.15) is 5.01 Å². The molecule has 1 unspecified atom stereocenters. The van der Waals surface area contributed by atoms with Crippen molar-refractivity contribution >= 4 is 23.7 Å². The summed E-state index contributed by atoms with van der Waals surface area (Å²) < 4.78 is 0. The van der Waals surface area contributed by atoms with Crippen molar-refractivity contribution in [1.29, 1.82) is 0 Å². The second-order valence-corrected chi connectivity index (χ2v) is 5.17. The Labute approximate surface area is 128 Å². The molecule has 0 saturated carbocycles. The fourth-order valence-electron chi connectivity index (χ4n) is 2.28. The number of halogens is 1. The summed E-state index contributed by atoms with van der Waals surface area (Å²) in [7, 11) is 0. The zero-order valence-corrected chi connectivity index (χ0v) is 12.0. The number of carbonyl (C=O) groups excluding carboxylic acids is 1.